The molecule has 0 aliphatic carbocycles. The number of carbonyl (C=O) groups excluding carboxylic acids is 1. The summed E-state index contributed by atoms with van der Waals surface area (Å²) >= 11 is 0. The lowest BCUT2D eigenvalue weighted by atomic mass is 9.95. The summed E-state index contributed by atoms with van der Waals surface area (Å²) in [6, 6.07) is 14.1. The molecule has 3 aromatic rings. The first-order chi connectivity index (χ1) is 14.0. The van der Waals surface area contributed by atoms with Crippen molar-refractivity contribution in [1.29, 1.82) is 0 Å². The van der Waals surface area contributed by atoms with Crippen LogP contribution in [0.4, 0.5) is 5.69 Å². The lowest BCUT2D eigenvalue weighted by molar-refractivity contribution is 0.0942. The third-order valence-corrected chi connectivity index (χ3v) is 5.12. The van der Waals surface area contributed by atoms with Crippen molar-refractivity contribution >= 4 is 11.6 Å². The van der Waals surface area contributed by atoms with Crippen molar-refractivity contribution in [2.24, 2.45) is 0 Å². The number of anilines is 1. The average molecular weight is 390 g/mol. The van der Waals surface area contributed by atoms with Crippen molar-refractivity contribution in [3.8, 4) is 11.4 Å². The summed E-state index contributed by atoms with van der Waals surface area (Å²) in [7, 11) is 0. The monoisotopic (exact) mass is 390 g/mol. The van der Waals surface area contributed by atoms with Crippen molar-refractivity contribution in [2.45, 2.75) is 46.2 Å². The minimum atomic E-state index is -0.0156. The second kappa shape index (κ2) is 8.07. The number of fused-ring (bicyclic) bond motifs is 1. The summed E-state index contributed by atoms with van der Waals surface area (Å²) in [6.45, 7) is 7.42. The molecular formula is C23H26N4O2. The van der Waals surface area contributed by atoms with Crippen LogP contribution in [0, 0.1) is 6.92 Å². The quantitative estimate of drug-likeness (QED) is 0.709. The smallest absolute Gasteiger partial charge is 0.251 e. The molecule has 4 rings (SSSR count). The van der Waals surface area contributed by atoms with Gasteiger partial charge in [0.05, 0.1) is 6.54 Å². The molecule has 6 nitrogen and oxygen atoms in total. The molecule has 2 aromatic carbocycles. The normalized spacial score (nSPS) is 13.4. The molecule has 0 radical (unpaired) electrons. The number of rotatable bonds is 5. The first-order valence-electron chi connectivity index (χ1n) is 10.1. The van der Waals surface area contributed by atoms with Gasteiger partial charge in [0.2, 0.25) is 11.7 Å². The number of nitrogens with one attached hydrogen (secondary N) is 1. The predicted octanol–water partition coefficient (Wildman–Crippen LogP) is 4.14. The molecule has 1 aliphatic rings. The van der Waals surface area contributed by atoms with Crippen LogP contribution in [0.3, 0.4) is 0 Å². The molecule has 1 aliphatic heterocycles. The first kappa shape index (κ1) is 19.2. The maximum Gasteiger partial charge on any atom is 0.251 e. The molecule has 1 amide bonds. The lowest BCUT2D eigenvalue weighted by Gasteiger charge is -2.31. The maximum atomic E-state index is 12.6. The fourth-order valence-corrected chi connectivity index (χ4v) is 3.72. The molecular weight excluding hydrogens is 364 g/mol. The van der Waals surface area contributed by atoms with Crippen LogP contribution in [0.15, 0.2) is 47.0 Å². The van der Waals surface area contributed by atoms with Crippen molar-refractivity contribution in [3.05, 3.63) is 65.0 Å². The van der Waals surface area contributed by atoms with E-state index < -0.39 is 0 Å². The van der Waals surface area contributed by atoms with Gasteiger partial charge in [-0.25, -0.2) is 0 Å². The Labute approximate surface area is 170 Å². The van der Waals surface area contributed by atoms with Gasteiger partial charge in [0.25, 0.3) is 5.91 Å². The number of hydrogen-bond acceptors (Lipinski definition) is 5. The Kier molecular flexibility index (Phi) is 5.34. The predicted molar refractivity (Wildman–Crippen MR) is 113 cm³/mol. The van der Waals surface area contributed by atoms with Crippen molar-refractivity contribution in [1.82, 2.24) is 15.5 Å². The van der Waals surface area contributed by atoms with E-state index in [0.717, 1.165) is 41.8 Å². The Morgan fingerprint density at radius 2 is 2.00 bits per heavy atom. The minimum absolute atomic E-state index is 0.0156. The van der Waals surface area contributed by atoms with Crippen molar-refractivity contribution in [2.75, 3.05) is 11.4 Å². The van der Waals surface area contributed by atoms with E-state index in [1.54, 1.807) is 0 Å². The molecule has 1 aromatic heterocycles. The molecule has 0 atom stereocenters. The van der Waals surface area contributed by atoms with E-state index in [2.05, 4.69) is 33.3 Å². The van der Waals surface area contributed by atoms with E-state index in [0.29, 0.717) is 18.3 Å². The first-order valence-corrected chi connectivity index (χ1v) is 10.1. The van der Waals surface area contributed by atoms with Crippen LogP contribution in [-0.2, 0) is 13.0 Å². The van der Waals surface area contributed by atoms with Gasteiger partial charge in [0.15, 0.2) is 0 Å². The van der Waals surface area contributed by atoms with Crippen LogP contribution in [-0.4, -0.2) is 28.6 Å². The summed E-state index contributed by atoms with van der Waals surface area (Å²) in [5, 5.41) is 7.14. The number of benzene rings is 2. The zero-order valence-corrected chi connectivity index (χ0v) is 17.1. The minimum Gasteiger partial charge on any atom is -0.362 e. The largest absolute Gasteiger partial charge is 0.362 e. The molecule has 0 spiro atoms. The molecule has 29 heavy (non-hydrogen) atoms. The van der Waals surface area contributed by atoms with Gasteiger partial charge in [-0.1, -0.05) is 41.1 Å². The highest BCUT2D eigenvalue weighted by Crippen LogP contribution is 2.31. The Morgan fingerprint density at radius 1 is 1.21 bits per heavy atom. The number of aryl methyl sites for hydroxylation is 1. The van der Waals surface area contributed by atoms with E-state index in [1.165, 1.54) is 5.56 Å². The zero-order valence-electron chi connectivity index (χ0n) is 17.1. The van der Waals surface area contributed by atoms with Gasteiger partial charge in [-0.15, -0.1) is 0 Å². The molecule has 0 bridgehead atoms. The molecule has 0 saturated carbocycles. The van der Waals surface area contributed by atoms with Gasteiger partial charge in [0.1, 0.15) is 0 Å². The second-order valence-electron chi connectivity index (χ2n) is 7.83. The summed E-state index contributed by atoms with van der Waals surface area (Å²) in [4.78, 5) is 19.4. The van der Waals surface area contributed by atoms with Crippen molar-refractivity contribution < 1.29 is 9.32 Å². The summed E-state index contributed by atoms with van der Waals surface area (Å²) < 4.78 is 5.52. The summed E-state index contributed by atoms with van der Waals surface area (Å²) in [5.41, 5.74) is 5.06. The second-order valence-corrected chi connectivity index (χ2v) is 7.83. The molecule has 0 unspecified atom stereocenters. The van der Waals surface area contributed by atoms with Crippen molar-refractivity contribution in [3.63, 3.8) is 0 Å². The maximum absolute atomic E-state index is 12.6. The van der Waals surface area contributed by atoms with Gasteiger partial charge in [-0.3, -0.25) is 4.79 Å². The van der Waals surface area contributed by atoms with E-state index in [1.807, 2.05) is 50.2 Å². The molecule has 0 fully saturated rings. The Bertz CT molecular complexity index is 1010. The molecule has 1 N–H and O–H groups in total. The van der Waals surface area contributed by atoms with Gasteiger partial charge in [-0.05, 0) is 51.3 Å². The van der Waals surface area contributed by atoms with Gasteiger partial charge in [-0.2, -0.15) is 4.98 Å². The highest BCUT2D eigenvalue weighted by molar-refractivity contribution is 5.97. The number of carbonyl (C=O) groups is 1. The van der Waals surface area contributed by atoms with Crippen LogP contribution in [0.25, 0.3) is 11.4 Å². The van der Waals surface area contributed by atoms with Crippen LogP contribution < -0.4 is 10.2 Å². The highest BCUT2D eigenvalue weighted by Gasteiger charge is 2.24. The standard InChI is InChI=1S/C23H26N4O2/c1-15(2)24-23(28)19-6-4-8-20-18(19)7-5-13-27(20)14-21-25-22(26-29-21)17-11-9-16(3)10-12-17/h4,6,8-12,15H,5,7,13-14H2,1-3H3,(H,24,28). The topological polar surface area (TPSA) is 71.3 Å². The number of aromatic nitrogens is 2. The van der Waals surface area contributed by atoms with E-state index in [-0.39, 0.29) is 11.9 Å². The van der Waals surface area contributed by atoms with Gasteiger partial charge < -0.3 is 14.7 Å². The highest BCUT2D eigenvalue weighted by atomic mass is 16.5. The Balaban J connectivity index is 1.56. The fourth-order valence-electron chi connectivity index (χ4n) is 3.72. The number of nitrogens with zero attached hydrogens (tertiary/aromatic N) is 3. The molecule has 150 valence electrons. The molecule has 0 saturated heterocycles. The SMILES string of the molecule is Cc1ccc(-c2noc(CN3CCCc4c(C(=O)NC(C)C)cccc43)n2)cc1. The third kappa shape index (κ3) is 4.16. The summed E-state index contributed by atoms with van der Waals surface area (Å²) in [5.74, 6) is 1.16. The fraction of sp³-hybridized carbons (Fsp3) is 0.348. The Morgan fingerprint density at radius 3 is 2.76 bits per heavy atom. The average Bonchev–Trinajstić information content (AvgIpc) is 3.16. The van der Waals surface area contributed by atoms with E-state index in [4.69, 9.17) is 4.52 Å². The van der Waals surface area contributed by atoms with Crippen LogP contribution >= 0.6 is 0 Å². The molecule has 2 heterocycles. The molecule has 6 heteroatoms. The zero-order chi connectivity index (χ0) is 20.4. The van der Waals surface area contributed by atoms with Gasteiger partial charge >= 0.3 is 0 Å². The van der Waals surface area contributed by atoms with Crippen LogP contribution in [0.2, 0.25) is 0 Å². The van der Waals surface area contributed by atoms with Crippen LogP contribution in [0.5, 0.6) is 0 Å². The third-order valence-electron chi connectivity index (χ3n) is 5.12. The van der Waals surface area contributed by atoms with Crippen LogP contribution in [0.1, 0.15) is 47.6 Å². The lowest BCUT2D eigenvalue weighted by Crippen LogP contribution is -2.34. The number of hydrogen-bond donors (Lipinski definition) is 1. The van der Waals surface area contributed by atoms with E-state index >= 15 is 0 Å². The van der Waals surface area contributed by atoms with Gasteiger partial charge in [0, 0.05) is 29.4 Å². The van der Waals surface area contributed by atoms with E-state index in [9.17, 15) is 4.79 Å². The summed E-state index contributed by atoms with van der Waals surface area (Å²) in [6.07, 6.45) is 1.88. The Hall–Kier alpha value is -3.15. The number of amides is 1.